The highest BCUT2D eigenvalue weighted by Crippen LogP contribution is 2.40. The Morgan fingerprint density at radius 3 is 2.39 bits per heavy atom. The predicted molar refractivity (Wildman–Crippen MR) is 108 cm³/mol. The molecule has 2 heterocycles. The van der Waals surface area contributed by atoms with E-state index in [1.54, 1.807) is 26.1 Å². The van der Waals surface area contributed by atoms with Crippen LogP contribution in [-0.4, -0.2) is 40.8 Å². The first kappa shape index (κ1) is 19.6. The molecule has 1 aromatic carbocycles. The van der Waals surface area contributed by atoms with Crippen molar-refractivity contribution >= 4 is 17.4 Å². The van der Waals surface area contributed by atoms with Gasteiger partial charge in [0.05, 0.1) is 23.9 Å². The lowest BCUT2D eigenvalue weighted by atomic mass is 9.91. The van der Waals surface area contributed by atoms with E-state index in [9.17, 15) is 14.7 Å². The van der Waals surface area contributed by atoms with E-state index in [1.807, 2.05) is 55.4 Å². The maximum atomic E-state index is 12.8. The molecular formula is C22H25N3O3. The van der Waals surface area contributed by atoms with Gasteiger partial charge in [-0.2, -0.15) is 0 Å². The zero-order valence-corrected chi connectivity index (χ0v) is 16.6. The molecule has 0 aliphatic carbocycles. The summed E-state index contributed by atoms with van der Waals surface area (Å²) in [4.78, 5) is 33.4. The van der Waals surface area contributed by atoms with E-state index in [0.29, 0.717) is 5.69 Å². The minimum absolute atomic E-state index is 0.161. The molecule has 0 spiro atoms. The number of Topliss-reactive ketones (excluding diaryl/α,β-unsaturated/α-hetero) is 1. The summed E-state index contributed by atoms with van der Waals surface area (Å²) >= 11 is 0. The SMILES string of the molecule is CC(C)C(=O)C1=C(O)C(=O)N(Cc2ccccn2)C1c1ccc(N(C)C)cc1. The number of anilines is 1. The fourth-order valence-electron chi connectivity index (χ4n) is 3.35. The summed E-state index contributed by atoms with van der Waals surface area (Å²) in [5.74, 6) is -1.56. The molecule has 1 unspecified atom stereocenters. The Hall–Kier alpha value is -3.15. The van der Waals surface area contributed by atoms with Crippen LogP contribution < -0.4 is 4.90 Å². The summed E-state index contributed by atoms with van der Waals surface area (Å²) in [6.45, 7) is 3.74. The molecule has 1 aromatic heterocycles. The third-order valence-corrected chi connectivity index (χ3v) is 4.88. The number of aromatic nitrogens is 1. The first-order chi connectivity index (χ1) is 13.3. The van der Waals surface area contributed by atoms with Gasteiger partial charge in [0.1, 0.15) is 0 Å². The van der Waals surface area contributed by atoms with Crippen LogP contribution in [-0.2, 0) is 16.1 Å². The van der Waals surface area contributed by atoms with Crippen LogP contribution in [0, 0.1) is 5.92 Å². The van der Waals surface area contributed by atoms with Crippen molar-refractivity contribution in [1.29, 1.82) is 0 Å². The van der Waals surface area contributed by atoms with Crippen molar-refractivity contribution in [2.75, 3.05) is 19.0 Å². The molecule has 28 heavy (non-hydrogen) atoms. The van der Waals surface area contributed by atoms with Crippen LogP contribution >= 0.6 is 0 Å². The Labute approximate surface area is 165 Å². The van der Waals surface area contributed by atoms with E-state index in [4.69, 9.17) is 0 Å². The normalized spacial score (nSPS) is 16.8. The number of rotatable bonds is 6. The lowest BCUT2D eigenvalue weighted by Gasteiger charge is -2.27. The van der Waals surface area contributed by atoms with Gasteiger partial charge in [-0.1, -0.05) is 32.0 Å². The molecule has 0 saturated carbocycles. The summed E-state index contributed by atoms with van der Waals surface area (Å²) in [7, 11) is 3.89. The van der Waals surface area contributed by atoms with Gasteiger partial charge in [0, 0.05) is 31.9 Å². The van der Waals surface area contributed by atoms with Crippen LogP contribution in [0.4, 0.5) is 5.69 Å². The van der Waals surface area contributed by atoms with Gasteiger partial charge in [-0.15, -0.1) is 0 Å². The molecule has 146 valence electrons. The lowest BCUT2D eigenvalue weighted by molar-refractivity contribution is -0.130. The fraction of sp³-hybridized carbons (Fsp3) is 0.318. The van der Waals surface area contributed by atoms with Gasteiger partial charge in [0.25, 0.3) is 5.91 Å². The van der Waals surface area contributed by atoms with E-state index < -0.39 is 17.7 Å². The molecule has 0 bridgehead atoms. The molecule has 1 amide bonds. The monoisotopic (exact) mass is 379 g/mol. The minimum atomic E-state index is -0.638. The van der Waals surface area contributed by atoms with Crippen LogP contribution in [0.1, 0.15) is 31.1 Å². The average Bonchev–Trinajstić information content (AvgIpc) is 2.93. The highest BCUT2D eigenvalue weighted by atomic mass is 16.3. The summed E-state index contributed by atoms with van der Waals surface area (Å²) in [6, 6.07) is 12.5. The van der Waals surface area contributed by atoms with Crippen molar-refractivity contribution in [1.82, 2.24) is 9.88 Å². The number of amides is 1. The Morgan fingerprint density at radius 1 is 1.18 bits per heavy atom. The van der Waals surface area contributed by atoms with Crippen molar-refractivity contribution in [3.05, 3.63) is 71.3 Å². The topological polar surface area (TPSA) is 73.7 Å². The number of nitrogens with zero attached hydrogens (tertiary/aromatic N) is 3. The van der Waals surface area contributed by atoms with Crippen LogP contribution in [0.15, 0.2) is 60.0 Å². The largest absolute Gasteiger partial charge is 0.503 e. The van der Waals surface area contributed by atoms with Crippen LogP contribution in [0.2, 0.25) is 0 Å². The quantitative estimate of drug-likeness (QED) is 0.834. The third kappa shape index (κ3) is 3.63. The summed E-state index contributed by atoms with van der Waals surface area (Å²) < 4.78 is 0. The van der Waals surface area contributed by atoms with Gasteiger partial charge in [-0.05, 0) is 29.8 Å². The van der Waals surface area contributed by atoms with Gasteiger partial charge >= 0.3 is 0 Å². The highest BCUT2D eigenvalue weighted by molar-refractivity contribution is 6.09. The Bertz CT molecular complexity index is 902. The van der Waals surface area contributed by atoms with Crippen molar-refractivity contribution in [3.63, 3.8) is 0 Å². The standard InChI is InChI=1S/C22H25N3O3/c1-14(2)20(26)18-19(15-8-10-17(11-9-15)24(3)4)25(22(28)21(18)27)13-16-7-5-6-12-23-16/h5-12,14,19,27H,13H2,1-4H3. The molecule has 0 fully saturated rings. The predicted octanol–water partition coefficient (Wildman–Crippen LogP) is 3.27. The second kappa shape index (κ2) is 7.84. The van der Waals surface area contributed by atoms with Gasteiger partial charge in [-0.3, -0.25) is 14.6 Å². The maximum absolute atomic E-state index is 12.8. The second-order valence-electron chi connectivity index (χ2n) is 7.42. The highest BCUT2D eigenvalue weighted by Gasteiger charge is 2.44. The van der Waals surface area contributed by atoms with Crippen LogP contribution in [0.25, 0.3) is 0 Å². The average molecular weight is 379 g/mol. The maximum Gasteiger partial charge on any atom is 0.290 e. The van der Waals surface area contributed by atoms with Crippen molar-refractivity contribution in [2.24, 2.45) is 5.92 Å². The molecule has 0 saturated heterocycles. The molecule has 1 aliphatic heterocycles. The number of ketones is 1. The molecule has 3 rings (SSSR count). The number of carbonyl (C=O) groups excluding carboxylic acids is 2. The van der Waals surface area contributed by atoms with Crippen molar-refractivity contribution in [3.8, 4) is 0 Å². The molecule has 2 aromatic rings. The smallest absolute Gasteiger partial charge is 0.290 e. The molecule has 1 N–H and O–H groups in total. The molecule has 0 radical (unpaired) electrons. The van der Waals surface area contributed by atoms with Gasteiger partial charge in [0.2, 0.25) is 0 Å². The summed E-state index contributed by atoms with van der Waals surface area (Å²) in [6.07, 6.45) is 1.66. The Balaban J connectivity index is 2.06. The van der Waals surface area contributed by atoms with E-state index in [1.165, 1.54) is 4.90 Å². The molecule has 6 nitrogen and oxygen atoms in total. The van der Waals surface area contributed by atoms with E-state index >= 15 is 0 Å². The number of aliphatic hydroxyl groups is 1. The number of benzene rings is 1. The first-order valence-corrected chi connectivity index (χ1v) is 9.26. The summed E-state index contributed by atoms with van der Waals surface area (Å²) in [5, 5.41) is 10.5. The van der Waals surface area contributed by atoms with Crippen LogP contribution in [0.3, 0.4) is 0 Å². The first-order valence-electron chi connectivity index (χ1n) is 9.26. The number of carbonyl (C=O) groups is 2. The van der Waals surface area contributed by atoms with E-state index in [-0.39, 0.29) is 23.8 Å². The summed E-state index contributed by atoms with van der Waals surface area (Å²) in [5.41, 5.74) is 2.64. The van der Waals surface area contributed by atoms with E-state index in [0.717, 1.165) is 11.3 Å². The number of hydrogen-bond acceptors (Lipinski definition) is 5. The molecular weight excluding hydrogens is 354 g/mol. The van der Waals surface area contributed by atoms with E-state index in [2.05, 4.69) is 4.98 Å². The van der Waals surface area contributed by atoms with Gasteiger partial charge < -0.3 is 14.9 Å². The Kier molecular flexibility index (Phi) is 5.49. The third-order valence-electron chi connectivity index (χ3n) is 4.88. The van der Waals surface area contributed by atoms with Crippen LogP contribution in [0.5, 0.6) is 0 Å². The van der Waals surface area contributed by atoms with Crippen molar-refractivity contribution < 1.29 is 14.7 Å². The molecule has 1 atom stereocenters. The minimum Gasteiger partial charge on any atom is -0.503 e. The lowest BCUT2D eigenvalue weighted by Crippen LogP contribution is -2.31. The Morgan fingerprint density at radius 2 is 1.86 bits per heavy atom. The zero-order valence-electron chi connectivity index (χ0n) is 16.6. The van der Waals surface area contributed by atoms with Gasteiger partial charge in [-0.25, -0.2) is 0 Å². The van der Waals surface area contributed by atoms with Crippen molar-refractivity contribution in [2.45, 2.75) is 26.4 Å². The second-order valence-corrected chi connectivity index (χ2v) is 7.42. The molecule has 1 aliphatic rings. The number of pyridine rings is 1. The van der Waals surface area contributed by atoms with Gasteiger partial charge in [0.15, 0.2) is 11.5 Å². The fourth-order valence-corrected chi connectivity index (χ4v) is 3.35. The number of hydrogen-bond donors (Lipinski definition) is 1. The molecule has 6 heteroatoms. The number of aliphatic hydroxyl groups excluding tert-OH is 1. The zero-order chi connectivity index (χ0) is 20.4.